The van der Waals surface area contributed by atoms with Crippen molar-refractivity contribution in [3.8, 4) is 5.75 Å². The molecule has 18 heavy (non-hydrogen) atoms. The third-order valence-corrected chi connectivity index (χ3v) is 2.51. The van der Waals surface area contributed by atoms with Crippen molar-refractivity contribution in [1.82, 2.24) is 0 Å². The molecule has 0 saturated carbocycles. The number of furan rings is 1. The van der Waals surface area contributed by atoms with Crippen molar-refractivity contribution in [2.45, 2.75) is 19.8 Å². The van der Waals surface area contributed by atoms with E-state index in [4.69, 9.17) is 8.83 Å². The third kappa shape index (κ3) is 2.51. The molecule has 2 aromatic rings. The lowest BCUT2D eigenvalue weighted by atomic mass is 10.1. The average molecular weight is 248 g/mol. The highest BCUT2D eigenvalue weighted by Crippen LogP contribution is 2.17. The fourth-order valence-electron chi connectivity index (χ4n) is 1.67. The van der Waals surface area contributed by atoms with Crippen LogP contribution in [0, 0.1) is 6.92 Å². The number of aryl methyl sites for hydroxylation is 2. The van der Waals surface area contributed by atoms with Crippen molar-refractivity contribution in [3.05, 3.63) is 52.0 Å². The van der Waals surface area contributed by atoms with Gasteiger partial charge in [0.25, 0.3) is 0 Å². The van der Waals surface area contributed by atoms with Crippen LogP contribution in [0.2, 0.25) is 0 Å². The zero-order chi connectivity index (χ0) is 13.1. The molecule has 0 unspecified atom stereocenters. The molecule has 0 atom stereocenters. The number of Topliss-reactive ketones (excluding diaryl/α,β-unsaturated/α-hetero) is 1. The van der Waals surface area contributed by atoms with E-state index in [9.17, 15) is 14.7 Å². The van der Waals surface area contributed by atoms with Crippen molar-refractivity contribution in [2.24, 2.45) is 0 Å². The summed E-state index contributed by atoms with van der Waals surface area (Å²) in [6.45, 7) is 1.53. The molecule has 5 nitrogen and oxygen atoms in total. The molecule has 0 radical (unpaired) electrons. The van der Waals surface area contributed by atoms with Crippen molar-refractivity contribution < 1.29 is 18.7 Å². The summed E-state index contributed by atoms with van der Waals surface area (Å²) in [6.07, 6.45) is 1.96. The van der Waals surface area contributed by atoms with Crippen LogP contribution in [0.4, 0.5) is 0 Å². The lowest BCUT2D eigenvalue weighted by Crippen LogP contribution is -2.15. The van der Waals surface area contributed by atoms with Crippen molar-refractivity contribution in [2.75, 3.05) is 0 Å². The van der Waals surface area contributed by atoms with E-state index >= 15 is 0 Å². The largest absolute Gasteiger partial charge is 0.507 e. The van der Waals surface area contributed by atoms with E-state index in [1.165, 1.54) is 19.3 Å². The Morgan fingerprint density at radius 1 is 1.44 bits per heavy atom. The van der Waals surface area contributed by atoms with Gasteiger partial charge in [-0.1, -0.05) is 0 Å². The zero-order valence-electron chi connectivity index (χ0n) is 9.80. The molecule has 0 fully saturated rings. The first-order chi connectivity index (χ1) is 8.58. The number of hydrogen-bond donors (Lipinski definition) is 1. The third-order valence-electron chi connectivity index (χ3n) is 2.51. The van der Waals surface area contributed by atoms with Gasteiger partial charge in [0.05, 0.1) is 6.26 Å². The maximum absolute atomic E-state index is 11.8. The summed E-state index contributed by atoms with van der Waals surface area (Å²) in [6, 6.07) is 4.71. The van der Waals surface area contributed by atoms with Crippen LogP contribution in [0.15, 0.2) is 38.1 Å². The van der Waals surface area contributed by atoms with Gasteiger partial charge in [0.15, 0.2) is 5.78 Å². The Kier molecular flexibility index (Phi) is 3.32. The fourth-order valence-corrected chi connectivity index (χ4v) is 1.67. The van der Waals surface area contributed by atoms with Gasteiger partial charge in [-0.15, -0.1) is 0 Å². The van der Waals surface area contributed by atoms with Gasteiger partial charge in [0.2, 0.25) is 0 Å². The Morgan fingerprint density at radius 2 is 2.22 bits per heavy atom. The lowest BCUT2D eigenvalue weighted by Gasteiger charge is -2.02. The molecule has 2 aromatic heterocycles. The standard InChI is InChI=1S/C13H12O5/c1-8-7-11(15)12(13(16)18-8)10(14)5-4-9-3-2-6-17-9/h2-3,6-7,15H,4-5H2,1H3. The molecule has 94 valence electrons. The lowest BCUT2D eigenvalue weighted by molar-refractivity contribution is 0.0973. The van der Waals surface area contributed by atoms with Gasteiger partial charge in [-0.3, -0.25) is 4.79 Å². The van der Waals surface area contributed by atoms with Gasteiger partial charge in [0, 0.05) is 18.9 Å². The molecule has 0 aliphatic rings. The van der Waals surface area contributed by atoms with Crippen LogP contribution in [0.1, 0.15) is 28.3 Å². The Labute approximate surface area is 103 Å². The summed E-state index contributed by atoms with van der Waals surface area (Å²) in [5.41, 5.74) is -1.11. The molecule has 0 bridgehead atoms. The minimum atomic E-state index is -0.808. The number of hydrogen-bond acceptors (Lipinski definition) is 5. The number of aromatic hydroxyl groups is 1. The van der Waals surface area contributed by atoms with Gasteiger partial charge < -0.3 is 13.9 Å². The van der Waals surface area contributed by atoms with Crippen LogP contribution in [0.5, 0.6) is 5.75 Å². The molecular weight excluding hydrogens is 236 g/mol. The highest BCUT2D eigenvalue weighted by Gasteiger charge is 2.18. The van der Waals surface area contributed by atoms with E-state index in [2.05, 4.69) is 0 Å². The second-order valence-corrected chi connectivity index (χ2v) is 3.91. The van der Waals surface area contributed by atoms with Crippen LogP contribution in [-0.2, 0) is 6.42 Å². The van der Waals surface area contributed by atoms with Crippen molar-refractivity contribution >= 4 is 5.78 Å². The molecule has 0 aromatic carbocycles. The normalized spacial score (nSPS) is 10.5. The summed E-state index contributed by atoms with van der Waals surface area (Å²) in [7, 11) is 0. The zero-order valence-corrected chi connectivity index (χ0v) is 9.80. The van der Waals surface area contributed by atoms with Crippen LogP contribution in [-0.4, -0.2) is 10.9 Å². The fraction of sp³-hybridized carbons (Fsp3) is 0.231. The molecule has 0 spiro atoms. The first-order valence-corrected chi connectivity index (χ1v) is 5.47. The second-order valence-electron chi connectivity index (χ2n) is 3.91. The van der Waals surface area contributed by atoms with Crippen LogP contribution >= 0.6 is 0 Å². The SMILES string of the molecule is Cc1cc(O)c(C(=O)CCc2ccco2)c(=O)o1. The van der Waals surface area contributed by atoms with E-state index in [0.717, 1.165) is 0 Å². The average Bonchev–Trinajstić information content (AvgIpc) is 2.77. The topological polar surface area (TPSA) is 80.6 Å². The Morgan fingerprint density at radius 3 is 2.83 bits per heavy atom. The molecule has 0 aliphatic heterocycles. The molecule has 0 aliphatic carbocycles. The molecule has 2 heterocycles. The van der Waals surface area contributed by atoms with Crippen molar-refractivity contribution in [1.29, 1.82) is 0 Å². The quantitative estimate of drug-likeness (QED) is 0.837. The molecule has 0 amide bonds. The number of rotatable bonds is 4. The minimum Gasteiger partial charge on any atom is -0.507 e. The molecule has 0 saturated heterocycles. The van der Waals surface area contributed by atoms with Crippen LogP contribution in [0.25, 0.3) is 0 Å². The molecule has 1 N–H and O–H groups in total. The smallest absolute Gasteiger partial charge is 0.350 e. The summed E-state index contributed by atoms with van der Waals surface area (Å²) in [4.78, 5) is 23.3. The van der Waals surface area contributed by atoms with Gasteiger partial charge in [-0.05, 0) is 19.1 Å². The molecular formula is C13H12O5. The predicted octanol–water partition coefficient (Wildman–Crippen LogP) is 2.06. The number of carbonyl (C=O) groups excluding carboxylic acids is 1. The van der Waals surface area contributed by atoms with E-state index in [1.54, 1.807) is 12.1 Å². The first kappa shape index (κ1) is 12.2. The number of ketones is 1. The first-order valence-electron chi connectivity index (χ1n) is 5.47. The minimum absolute atomic E-state index is 0.0783. The van der Waals surface area contributed by atoms with Gasteiger partial charge in [0.1, 0.15) is 22.8 Å². The van der Waals surface area contributed by atoms with E-state index < -0.39 is 11.4 Å². The predicted molar refractivity (Wildman–Crippen MR) is 62.7 cm³/mol. The molecule has 5 heteroatoms. The van der Waals surface area contributed by atoms with Gasteiger partial charge >= 0.3 is 5.63 Å². The van der Waals surface area contributed by atoms with Crippen LogP contribution in [0.3, 0.4) is 0 Å². The highest BCUT2D eigenvalue weighted by atomic mass is 16.4. The van der Waals surface area contributed by atoms with E-state index in [0.29, 0.717) is 12.2 Å². The van der Waals surface area contributed by atoms with Crippen LogP contribution < -0.4 is 5.63 Å². The molecule has 2 rings (SSSR count). The van der Waals surface area contributed by atoms with Gasteiger partial charge in [-0.2, -0.15) is 0 Å². The number of carbonyl (C=O) groups is 1. The Balaban J connectivity index is 2.17. The Hall–Kier alpha value is -2.30. The highest BCUT2D eigenvalue weighted by molar-refractivity contribution is 5.98. The summed E-state index contributed by atoms with van der Waals surface area (Å²) in [5.74, 6) is 0.116. The Bertz CT molecular complexity index is 607. The maximum Gasteiger partial charge on any atom is 0.350 e. The second kappa shape index (κ2) is 4.91. The van der Waals surface area contributed by atoms with Gasteiger partial charge in [-0.25, -0.2) is 4.79 Å². The summed E-state index contributed by atoms with van der Waals surface area (Å²) >= 11 is 0. The summed E-state index contributed by atoms with van der Waals surface area (Å²) < 4.78 is 9.87. The monoisotopic (exact) mass is 248 g/mol. The summed E-state index contributed by atoms with van der Waals surface area (Å²) in [5, 5.41) is 9.60. The van der Waals surface area contributed by atoms with Crippen molar-refractivity contribution in [3.63, 3.8) is 0 Å². The maximum atomic E-state index is 11.8. The van der Waals surface area contributed by atoms with E-state index in [1.807, 2.05) is 0 Å². The van der Waals surface area contributed by atoms with E-state index in [-0.39, 0.29) is 23.5 Å².